The molecule has 3 heteroatoms. The molecule has 0 spiro atoms. The average Bonchev–Trinajstić information content (AvgIpc) is 2.66. The second-order valence-electron chi connectivity index (χ2n) is 7.08. The lowest BCUT2D eigenvalue weighted by molar-refractivity contribution is 0.256. The van der Waals surface area contributed by atoms with Crippen molar-refractivity contribution in [3.63, 3.8) is 0 Å². The lowest BCUT2D eigenvalue weighted by Gasteiger charge is -2.28. The molecule has 1 unspecified atom stereocenters. The molecule has 0 amide bonds. The van der Waals surface area contributed by atoms with Crippen LogP contribution in [0.15, 0.2) is 42.5 Å². The highest BCUT2D eigenvalue weighted by atomic mass is 35.5. The van der Waals surface area contributed by atoms with Crippen LogP contribution in [0.1, 0.15) is 44.1 Å². The van der Waals surface area contributed by atoms with Gasteiger partial charge in [0.15, 0.2) is 0 Å². The third-order valence-electron chi connectivity index (χ3n) is 5.32. The Labute approximate surface area is 166 Å². The van der Waals surface area contributed by atoms with Crippen LogP contribution in [0.5, 0.6) is 0 Å². The van der Waals surface area contributed by atoms with E-state index in [2.05, 4.69) is 11.8 Å². The summed E-state index contributed by atoms with van der Waals surface area (Å²) in [5.41, 5.74) is 8.74. The molecule has 2 N–H and O–H groups in total. The van der Waals surface area contributed by atoms with Crippen molar-refractivity contribution in [3.8, 4) is 23.0 Å². The zero-order valence-electron chi connectivity index (χ0n) is 15.0. The maximum atomic E-state index is 6.49. The minimum absolute atomic E-state index is 0.498. The van der Waals surface area contributed by atoms with Crippen molar-refractivity contribution in [1.29, 1.82) is 0 Å². The van der Waals surface area contributed by atoms with E-state index in [1.165, 1.54) is 32.1 Å². The van der Waals surface area contributed by atoms with Gasteiger partial charge in [-0.05, 0) is 36.1 Å². The number of hydrogen-bond donors (Lipinski definition) is 1. The number of rotatable bonds is 4. The van der Waals surface area contributed by atoms with Gasteiger partial charge < -0.3 is 5.73 Å². The van der Waals surface area contributed by atoms with E-state index in [0.29, 0.717) is 22.5 Å². The summed E-state index contributed by atoms with van der Waals surface area (Å²) in [6, 6.07) is 13.8. The molecule has 136 valence electrons. The van der Waals surface area contributed by atoms with E-state index < -0.39 is 0 Å². The topological polar surface area (TPSA) is 26.0 Å². The second kappa shape index (κ2) is 9.47. The van der Waals surface area contributed by atoms with Crippen LogP contribution in [0, 0.1) is 23.7 Å². The highest BCUT2D eigenvalue weighted by Gasteiger charge is 2.21. The zero-order chi connectivity index (χ0) is 18.4. The Bertz CT molecular complexity index is 760. The van der Waals surface area contributed by atoms with Crippen molar-refractivity contribution >= 4 is 23.2 Å². The van der Waals surface area contributed by atoms with Gasteiger partial charge in [-0.15, -0.1) is 0 Å². The van der Waals surface area contributed by atoms with Crippen LogP contribution in [0.4, 0.5) is 0 Å². The second-order valence-corrected chi connectivity index (χ2v) is 7.90. The van der Waals surface area contributed by atoms with E-state index in [1.54, 1.807) is 0 Å². The molecule has 1 nitrogen and oxygen atoms in total. The van der Waals surface area contributed by atoms with Gasteiger partial charge in [-0.2, -0.15) is 0 Å². The molecular weight excluding hydrogens is 361 g/mol. The van der Waals surface area contributed by atoms with Gasteiger partial charge in [-0.25, -0.2) is 0 Å². The molecule has 1 saturated carbocycles. The summed E-state index contributed by atoms with van der Waals surface area (Å²) in [5.74, 6) is 7.78. The van der Waals surface area contributed by atoms with Crippen molar-refractivity contribution in [2.75, 3.05) is 6.54 Å². The summed E-state index contributed by atoms with van der Waals surface area (Å²) < 4.78 is 0. The van der Waals surface area contributed by atoms with Gasteiger partial charge >= 0.3 is 0 Å². The SMILES string of the molecule is NCC(CC#Cc1cc(Cl)c(-c2ccccc2)c(Cl)c1)C1CCCCC1. The van der Waals surface area contributed by atoms with Gasteiger partial charge in [0.05, 0.1) is 10.0 Å². The Hall–Kier alpha value is -1.46. The van der Waals surface area contributed by atoms with Crippen LogP contribution < -0.4 is 5.73 Å². The summed E-state index contributed by atoms with van der Waals surface area (Å²) in [6.45, 7) is 0.716. The molecule has 1 fully saturated rings. The Balaban J connectivity index is 1.74. The van der Waals surface area contributed by atoms with E-state index >= 15 is 0 Å². The Morgan fingerprint density at radius 2 is 1.65 bits per heavy atom. The molecule has 1 aliphatic carbocycles. The minimum atomic E-state index is 0.498. The molecule has 0 saturated heterocycles. The number of nitrogens with two attached hydrogens (primary N) is 1. The van der Waals surface area contributed by atoms with E-state index in [0.717, 1.165) is 29.0 Å². The lowest BCUT2D eigenvalue weighted by Crippen LogP contribution is -2.25. The molecule has 0 heterocycles. The van der Waals surface area contributed by atoms with Gasteiger partial charge in [-0.3, -0.25) is 0 Å². The molecule has 0 radical (unpaired) electrons. The first-order valence-electron chi connectivity index (χ1n) is 9.42. The molecule has 1 aliphatic rings. The zero-order valence-corrected chi connectivity index (χ0v) is 16.5. The van der Waals surface area contributed by atoms with Crippen molar-refractivity contribution in [2.24, 2.45) is 17.6 Å². The first-order chi connectivity index (χ1) is 12.7. The molecule has 26 heavy (non-hydrogen) atoms. The number of hydrogen-bond acceptors (Lipinski definition) is 1. The highest BCUT2D eigenvalue weighted by molar-refractivity contribution is 6.39. The molecular formula is C23H25Cl2N. The predicted octanol–water partition coefficient (Wildman–Crippen LogP) is 6.56. The molecule has 1 atom stereocenters. The predicted molar refractivity (Wildman–Crippen MR) is 113 cm³/mol. The van der Waals surface area contributed by atoms with Crippen molar-refractivity contribution in [1.82, 2.24) is 0 Å². The largest absolute Gasteiger partial charge is 0.330 e. The van der Waals surface area contributed by atoms with Gasteiger partial charge in [0.25, 0.3) is 0 Å². The van der Waals surface area contributed by atoms with Crippen LogP contribution >= 0.6 is 23.2 Å². The molecule has 0 aromatic heterocycles. The third kappa shape index (κ3) is 4.83. The van der Waals surface area contributed by atoms with Crippen LogP contribution in [0.25, 0.3) is 11.1 Å². The van der Waals surface area contributed by atoms with E-state index in [9.17, 15) is 0 Å². The normalized spacial score (nSPS) is 16.0. The van der Waals surface area contributed by atoms with E-state index in [-0.39, 0.29) is 0 Å². The Morgan fingerprint density at radius 1 is 1.00 bits per heavy atom. The van der Waals surface area contributed by atoms with Gasteiger partial charge in [0, 0.05) is 17.5 Å². The fourth-order valence-electron chi connectivity index (χ4n) is 3.86. The van der Waals surface area contributed by atoms with E-state index in [1.807, 2.05) is 42.5 Å². The van der Waals surface area contributed by atoms with Gasteiger partial charge in [0.2, 0.25) is 0 Å². The third-order valence-corrected chi connectivity index (χ3v) is 5.92. The minimum Gasteiger partial charge on any atom is -0.330 e. The summed E-state index contributed by atoms with van der Waals surface area (Å²) in [5, 5.41) is 1.27. The van der Waals surface area contributed by atoms with Crippen molar-refractivity contribution < 1.29 is 0 Å². The van der Waals surface area contributed by atoms with Crippen LogP contribution in [0.2, 0.25) is 10.0 Å². The molecule has 3 rings (SSSR count). The van der Waals surface area contributed by atoms with Crippen molar-refractivity contribution in [2.45, 2.75) is 38.5 Å². The highest BCUT2D eigenvalue weighted by Crippen LogP contribution is 2.35. The summed E-state index contributed by atoms with van der Waals surface area (Å²) >= 11 is 13.0. The van der Waals surface area contributed by atoms with Crippen molar-refractivity contribution in [3.05, 3.63) is 58.1 Å². The lowest BCUT2D eigenvalue weighted by atomic mass is 9.78. The Kier molecular flexibility index (Phi) is 7.03. The fourth-order valence-corrected chi connectivity index (χ4v) is 4.56. The summed E-state index contributed by atoms with van der Waals surface area (Å²) in [4.78, 5) is 0. The number of halogens is 2. The van der Waals surface area contributed by atoms with E-state index in [4.69, 9.17) is 28.9 Å². The fraction of sp³-hybridized carbons (Fsp3) is 0.391. The first kappa shape index (κ1) is 19.3. The monoisotopic (exact) mass is 385 g/mol. The molecule has 0 bridgehead atoms. The summed E-state index contributed by atoms with van der Waals surface area (Å²) in [7, 11) is 0. The summed E-state index contributed by atoms with van der Waals surface area (Å²) in [6.07, 6.45) is 7.47. The Morgan fingerprint density at radius 3 is 2.27 bits per heavy atom. The maximum Gasteiger partial charge on any atom is 0.0511 e. The standard InChI is InChI=1S/C23H25Cl2N/c24-21-14-17(15-22(25)23(21)19-11-5-2-6-12-19)8-7-13-20(16-26)18-9-3-1-4-10-18/h2,5-6,11-12,14-15,18,20H,1,3-4,9-10,13,16,26H2. The van der Waals surface area contributed by atoms with Crippen LogP contribution in [-0.4, -0.2) is 6.54 Å². The molecule has 2 aromatic rings. The van der Waals surface area contributed by atoms with Crippen LogP contribution in [-0.2, 0) is 0 Å². The molecule has 0 aliphatic heterocycles. The first-order valence-corrected chi connectivity index (χ1v) is 10.2. The van der Waals surface area contributed by atoms with Gasteiger partial charge in [-0.1, -0.05) is 97.5 Å². The maximum absolute atomic E-state index is 6.49. The smallest absolute Gasteiger partial charge is 0.0511 e. The number of benzene rings is 2. The average molecular weight is 386 g/mol. The molecule has 2 aromatic carbocycles. The quantitative estimate of drug-likeness (QED) is 0.592. The van der Waals surface area contributed by atoms with Crippen LogP contribution in [0.3, 0.4) is 0 Å². The van der Waals surface area contributed by atoms with Gasteiger partial charge in [0.1, 0.15) is 0 Å².